The van der Waals surface area contributed by atoms with Gasteiger partial charge in [0.2, 0.25) is 0 Å². The third kappa shape index (κ3) is 3.48. The Morgan fingerprint density at radius 2 is 1.63 bits per heavy atom. The SMILES string of the molecule is CCc1ccc(N2C(=O)C(=O)/C(=C(\O)c3ccc(Cl)cc3)C2c2ccncc2)cc1. The number of anilines is 1. The van der Waals surface area contributed by atoms with E-state index in [1.807, 2.05) is 31.2 Å². The van der Waals surface area contributed by atoms with Gasteiger partial charge >= 0.3 is 0 Å². The average Bonchev–Trinajstić information content (AvgIpc) is 3.05. The number of pyridine rings is 1. The molecule has 1 aliphatic rings. The maximum Gasteiger partial charge on any atom is 0.300 e. The molecule has 1 saturated heterocycles. The number of carbonyl (C=O) groups is 2. The fourth-order valence-corrected chi connectivity index (χ4v) is 3.74. The Hall–Kier alpha value is -3.44. The van der Waals surface area contributed by atoms with Crippen molar-refractivity contribution in [2.75, 3.05) is 4.90 Å². The Bertz CT molecular complexity index is 1120. The van der Waals surface area contributed by atoms with Gasteiger partial charge in [-0.2, -0.15) is 0 Å². The maximum atomic E-state index is 13.0. The molecule has 1 unspecified atom stereocenters. The summed E-state index contributed by atoms with van der Waals surface area (Å²) in [6, 6.07) is 16.7. The second kappa shape index (κ2) is 8.13. The molecule has 0 aliphatic carbocycles. The second-order valence-electron chi connectivity index (χ2n) is 6.98. The molecule has 1 amide bonds. The normalized spacial score (nSPS) is 18.1. The minimum atomic E-state index is -0.767. The van der Waals surface area contributed by atoms with Crippen molar-refractivity contribution in [3.63, 3.8) is 0 Å². The Kier molecular flexibility index (Phi) is 5.38. The van der Waals surface area contributed by atoms with Gasteiger partial charge in [0, 0.05) is 28.7 Å². The highest BCUT2D eigenvalue weighted by molar-refractivity contribution is 6.51. The van der Waals surface area contributed by atoms with Gasteiger partial charge in [-0.1, -0.05) is 30.7 Å². The molecule has 1 atom stereocenters. The van der Waals surface area contributed by atoms with E-state index in [2.05, 4.69) is 4.98 Å². The van der Waals surface area contributed by atoms with Gasteiger partial charge in [0.1, 0.15) is 5.76 Å². The van der Waals surface area contributed by atoms with Gasteiger partial charge in [-0.05, 0) is 66.1 Å². The number of amides is 1. The Morgan fingerprint density at radius 3 is 2.23 bits per heavy atom. The fraction of sp³-hybridized carbons (Fsp3) is 0.125. The van der Waals surface area contributed by atoms with Crippen LogP contribution in [0.3, 0.4) is 0 Å². The van der Waals surface area contributed by atoms with Crippen LogP contribution >= 0.6 is 11.6 Å². The second-order valence-corrected chi connectivity index (χ2v) is 7.41. The predicted molar refractivity (Wildman–Crippen MR) is 116 cm³/mol. The predicted octanol–water partition coefficient (Wildman–Crippen LogP) is 4.92. The first-order chi connectivity index (χ1) is 14.5. The number of carbonyl (C=O) groups excluding carboxylic acids is 2. The summed E-state index contributed by atoms with van der Waals surface area (Å²) in [5, 5.41) is 11.5. The van der Waals surface area contributed by atoms with E-state index in [0.29, 0.717) is 21.8 Å². The molecule has 6 heteroatoms. The molecular formula is C24H19ClN2O3. The van der Waals surface area contributed by atoms with Crippen LogP contribution in [0.1, 0.15) is 29.7 Å². The summed E-state index contributed by atoms with van der Waals surface area (Å²) in [4.78, 5) is 31.5. The Labute approximate surface area is 179 Å². The lowest BCUT2D eigenvalue weighted by Crippen LogP contribution is -2.29. The van der Waals surface area contributed by atoms with Gasteiger partial charge in [-0.3, -0.25) is 19.5 Å². The van der Waals surface area contributed by atoms with Crippen LogP contribution in [0.5, 0.6) is 0 Å². The highest BCUT2D eigenvalue weighted by Crippen LogP contribution is 2.42. The first-order valence-corrected chi connectivity index (χ1v) is 9.95. The summed E-state index contributed by atoms with van der Waals surface area (Å²) < 4.78 is 0. The molecule has 1 aromatic heterocycles. The maximum absolute atomic E-state index is 13.0. The van der Waals surface area contributed by atoms with Crippen LogP contribution in [0.2, 0.25) is 5.02 Å². The van der Waals surface area contributed by atoms with Crippen LogP contribution in [-0.2, 0) is 16.0 Å². The number of aryl methyl sites for hydroxylation is 1. The number of nitrogens with zero attached hydrogens (tertiary/aromatic N) is 2. The molecular weight excluding hydrogens is 400 g/mol. The molecule has 5 nitrogen and oxygen atoms in total. The van der Waals surface area contributed by atoms with Crippen molar-refractivity contribution in [2.45, 2.75) is 19.4 Å². The number of aliphatic hydroxyl groups excluding tert-OH is 1. The molecule has 1 fully saturated rings. The number of hydrogen-bond donors (Lipinski definition) is 1. The lowest BCUT2D eigenvalue weighted by molar-refractivity contribution is -0.132. The van der Waals surface area contributed by atoms with Crippen LogP contribution in [-0.4, -0.2) is 21.8 Å². The molecule has 4 rings (SSSR count). The van der Waals surface area contributed by atoms with E-state index < -0.39 is 17.7 Å². The third-order valence-corrected chi connectivity index (χ3v) is 5.46. The molecule has 1 aliphatic heterocycles. The van der Waals surface area contributed by atoms with Crippen LogP contribution in [0, 0.1) is 0 Å². The van der Waals surface area contributed by atoms with Crippen LogP contribution in [0.25, 0.3) is 5.76 Å². The topological polar surface area (TPSA) is 70.5 Å². The Balaban J connectivity index is 1.90. The monoisotopic (exact) mass is 418 g/mol. The first kappa shape index (κ1) is 19.9. The van der Waals surface area contributed by atoms with Crippen LogP contribution < -0.4 is 4.90 Å². The third-order valence-electron chi connectivity index (χ3n) is 5.21. The summed E-state index contributed by atoms with van der Waals surface area (Å²) in [7, 11) is 0. The number of aliphatic hydroxyl groups is 1. The van der Waals surface area contributed by atoms with E-state index in [0.717, 1.165) is 12.0 Å². The number of halogens is 1. The highest BCUT2D eigenvalue weighted by Gasteiger charge is 2.46. The minimum Gasteiger partial charge on any atom is -0.507 e. The number of aromatic nitrogens is 1. The van der Waals surface area contributed by atoms with E-state index in [-0.39, 0.29) is 11.3 Å². The van der Waals surface area contributed by atoms with Crippen molar-refractivity contribution in [3.8, 4) is 0 Å². The fourth-order valence-electron chi connectivity index (χ4n) is 3.62. The van der Waals surface area contributed by atoms with Crippen molar-refractivity contribution in [3.05, 3.63) is 100 Å². The molecule has 2 aromatic carbocycles. The summed E-state index contributed by atoms with van der Waals surface area (Å²) in [5.41, 5.74) is 2.84. The molecule has 0 radical (unpaired) electrons. The van der Waals surface area contributed by atoms with Crippen molar-refractivity contribution >= 4 is 34.7 Å². The summed E-state index contributed by atoms with van der Waals surface area (Å²) >= 11 is 5.95. The molecule has 0 saturated carbocycles. The number of benzene rings is 2. The lowest BCUT2D eigenvalue weighted by atomic mass is 9.95. The molecule has 2 heterocycles. The van der Waals surface area contributed by atoms with E-state index in [1.54, 1.807) is 48.8 Å². The van der Waals surface area contributed by atoms with Gasteiger partial charge in [0.15, 0.2) is 0 Å². The van der Waals surface area contributed by atoms with E-state index >= 15 is 0 Å². The number of Topliss-reactive ketones (excluding diaryl/α,β-unsaturated/α-hetero) is 1. The zero-order valence-electron chi connectivity index (χ0n) is 16.2. The molecule has 30 heavy (non-hydrogen) atoms. The van der Waals surface area contributed by atoms with Crippen molar-refractivity contribution < 1.29 is 14.7 Å². The first-order valence-electron chi connectivity index (χ1n) is 9.57. The summed E-state index contributed by atoms with van der Waals surface area (Å²) in [5.74, 6) is -1.65. The Morgan fingerprint density at radius 1 is 1.00 bits per heavy atom. The van der Waals surface area contributed by atoms with Crippen molar-refractivity contribution in [1.82, 2.24) is 4.98 Å². The lowest BCUT2D eigenvalue weighted by Gasteiger charge is -2.25. The van der Waals surface area contributed by atoms with Crippen molar-refractivity contribution in [2.24, 2.45) is 0 Å². The smallest absolute Gasteiger partial charge is 0.300 e. The van der Waals surface area contributed by atoms with E-state index in [9.17, 15) is 14.7 Å². The molecule has 0 spiro atoms. The van der Waals surface area contributed by atoms with Crippen LogP contribution in [0.15, 0.2) is 78.6 Å². The zero-order valence-corrected chi connectivity index (χ0v) is 17.0. The van der Waals surface area contributed by atoms with Gasteiger partial charge in [0.05, 0.1) is 11.6 Å². The summed E-state index contributed by atoms with van der Waals surface area (Å²) in [6.45, 7) is 2.05. The number of ketones is 1. The van der Waals surface area contributed by atoms with Crippen molar-refractivity contribution in [1.29, 1.82) is 0 Å². The standard InChI is InChI=1S/C24H19ClN2O3/c1-2-15-3-9-19(10-4-15)27-21(16-11-13-26-14-12-16)20(23(29)24(27)30)22(28)17-5-7-18(25)8-6-17/h3-14,21,28H,2H2,1H3/b22-20-. The number of rotatable bonds is 4. The largest absolute Gasteiger partial charge is 0.507 e. The van der Waals surface area contributed by atoms with E-state index in [1.165, 1.54) is 4.90 Å². The van der Waals surface area contributed by atoms with Gasteiger partial charge < -0.3 is 5.11 Å². The quantitative estimate of drug-likeness (QED) is 0.370. The van der Waals surface area contributed by atoms with Gasteiger partial charge in [0.25, 0.3) is 11.7 Å². The molecule has 150 valence electrons. The van der Waals surface area contributed by atoms with Crippen LogP contribution in [0.4, 0.5) is 5.69 Å². The zero-order chi connectivity index (χ0) is 21.3. The average molecular weight is 419 g/mol. The number of hydrogen-bond acceptors (Lipinski definition) is 4. The highest BCUT2D eigenvalue weighted by atomic mass is 35.5. The molecule has 3 aromatic rings. The minimum absolute atomic E-state index is 0.0353. The van der Waals surface area contributed by atoms with E-state index in [4.69, 9.17) is 11.6 Å². The van der Waals surface area contributed by atoms with Gasteiger partial charge in [-0.25, -0.2) is 0 Å². The van der Waals surface area contributed by atoms with Gasteiger partial charge in [-0.15, -0.1) is 0 Å². The molecule has 0 bridgehead atoms. The molecule has 1 N–H and O–H groups in total. The summed E-state index contributed by atoms with van der Waals surface area (Å²) in [6.07, 6.45) is 4.05.